The van der Waals surface area contributed by atoms with E-state index in [-0.39, 0.29) is 6.54 Å². The fraction of sp³-hybridized carbons (Fsp3) is 0.273. The van der Waals surface area contributed by atoms with Crippen LogP contribution in [0.2, 0.25) is 0 Å². The van der Waals surface area contributed by atoms with Crippen LogP contribution in [0.15, 0.2) is 24.3 Å². The normalized spacial score (nSPS) is 9.53. The molecule has 92 valence electrons. The number of rotatable bonds is 3. The number of hydrogen-bond donors (Lipinski definition) is 2. The summed E-state index contributed by atoms with van der Waals surface area (Å²) in [5.74, 6) is -0.477. The van der Waals surface area contributed by atoms with Gasteiger partial charge in [-0.15, -0.1) is 0 Å². The van der Waals surface area contributed by atoms with Crippen molar-refractivity contribution in [1.29, 1.82) is 0 Å². The number of nitrogens with one attached hydrogen (secondary N) is 1. The summed E-state index contributed by atoms with van der Waals surface area (Å²) >= 11 is 0. The molecule has 1 aromatic carbocycles. The number of ether oxygens (including phenoxy) is 1. The molecule has 6 heteroatoms. The van der Waals surface area contributed by atoms with Crippen molar-refractivity contribution in [3.8, 4) is 0 Å². The zero-order valence-electron chi connectivity index (χ0n) is 9.77. The number of esters is 1. The number of likely N-dealkylation sites (N-methyl/N-ethyl adjacent to an activating group) is 1. The second kappa shape index (κ2) is 5.74. The van der Waals surface area contributed by atoms with E-state index in [9.17, 15) is 9.59 Å². The third-order valence-corrected chi connectivity index (χ3v) is 2.08. The SMILES string of the molecule is COC(=O)CN(C)C(=O)Nc1cccc(N)c1. The van der Waals surface area contributed by atoms with Crippen LogP contribution in [-0.2, 0) is 9.53 Å². The lowest BCUT2D eigenvalue weighted by atomic mass is 10.3. The number of methoxy groups -OCH3 is 1. The molecule has 6 nitrogen and oxygen atoms in total. The second-order valence-corrected chi connectivity index (χ2v) is 3.49. The molecule has 0 heterocycles. The number of urea groups is 1. The van der Waals surface area contributed by atoms with E-state index in [1.165, 1.54) is 19.1 Å². The van der Waals surface area contributed by atoms with E-state index in [0.29, 0.717) is 11.4 Å². The summed E-state index contributed by atoms with van der Waals surface area (Å²) in [6.45, 7) is -0.106. The molecule has 0 aliphatic carbocycles. The molecule has 1 aromatic rings. The van der Waals surface area contributed by atoms with Gasteiger partial charge in [-0.05, 0) is 18.2 Å². The van der Waals surface area contributed by atoms with Crippen LogP contribution in [0.1, 0.15) is 0 Å². The van der Waals surface area contributed by atoms with Crippen molar-refractivity contribution in [2.75, 3.05) is 31.8 Å². The molecule has 1 rings (SSSR count). The first-order chi connectivity index (χ1) is 8.02. The molecule has 0 bridgehead atoms. The van der Waals surface area contributed by atoms with Crippen molar-refractivity contribution < 1.29 is 14.3 Å². The topological polar surface area (TPSA) is 84.7 Å². The summed E-state index contributed by atoms with van der Waals surface area (Å²) < 4.78 is 4.46. The number of carbonyl (C=O) groups is 2. The molecule has 0 saturated carbocycles. The van der Waals surface area contributed by atoms with Crippen molar-refractivity contribution in [2.24, 2.45) is 0 Å². The van der Waals surface area contributed by atoms with E-state index in [2.05, 4.69) is 10.1 Å². The molecule has 0 unspecified atom stereocenters. The van der Waals surface area contributed by atoms with E-state index in [4.69, 9.17) is 5.73 Å². The molecule has 0 aromatic heterocycles. The van der Waals surface area contributed by atoms with E-state index in [1.807, 2.05) is 0 Å². The van der Waals surface area contributed by atoms with Crippen LogP contribution < -0.4 is 11.1 Å². The first-order valence-electron chi connectivity index (χ1n) is 4.97. The van der Waals surface area contributed by atoms with Gasteiger partial charge in [0.15, 0.2) is 0 Å². The van der Waals surface area contributed by atoms with Crippen LogP contribution in [0.4, 0.5) is 16.2 Å². The van der Waals surface area contributed by atoms with E-state index in [1.54, 1.807) is 24.3 Å². The molecular formula is C11H15N3O3. The number of benzene rings is 1. The van der Waals surface area contributed by atoms with Gasteiger partial charge in [-0.2, -0.15) is 0 Å². The first-order valence-corrected chi connectivity index (χ1v) is 4.97. The Labute approximate surface area is 99.3 Å². The fourth-order valence-electron chi connectivity index (χ4n) is 1.17. The van der Waals surface area contributed by atoms with Gasteiger partial charge in [-0.1, -0.05) is 6.07 Å². The molecule has 0 fully saturated rings. The predicted molar refractivity (Wildman–Crippen MR) is 64.5 cm³/mol. The average molecular weight is 237 g/mol. The fourth-order valence-corrected chi connectivity index (χ4v) is 1.17. The van der Waals surface area contributed by atoms with Gasteiger partial charge in [0, 0.05) is 18.4 Å². The zero-order chi connectivity index (χ0) is 12.8. The Bertz CT molecular complexity index is 420. The van der Waals surface area contributed by atoms with Crippen LogP contribution in [-0.4, -0.2) is 37.6 Å². The number of nitrogens with two attached hydrogens (primary N) is 1. The maximum Gasteiger partial charge on any atom is 0.325 e. The summed E-state index contributed by atoms with van der Waals surface area (Å²) in [4.78, 5) is 23.8. The minimum absolute atomic E-state index is 0.106. The van der Waals surface area contributed by atoms with Gasteiger partial charge in [0.2, 0.25) is 0 Å². The zero-order valence-corrected chi connectivity index (χ0v) is 9.77. The Morgan fingerprint density at radius 2 is 2.18 bits per heavy atom. The molecule has 0 saturated heterocycles. The van der Waals surface area contributed by atoms with Gasteiger partial charge >= 0.3 is 12.0 Å². The Kier molecular flexibility index (Phi) is 4.33. The van der Waals surface area contributed by atoms with Gasteiger partial charge in [0.1, 0.15) is 6.54 Å². The summed E-state index contributed by atoms with van der Waals surface area (Å²) in [7, 11) is 2.77. The Balaban J connectivity index is 2.57. The lowest BCUT2D eigenvalue weighted by Gasteiger charge is -2.16. The summed E-state index contributed by atoms with van der Waals surface area (Å²) in [6.07, 6.45) is 0. The molecule has 0 atom stereocenters. The third kappa shape index (κ3) is 4.02. The highest BCUT2D eigenvalue weighted by Crippen LogP contribution is 2.12. The quantitative estimate of drug-likeness (QED) is 0.604. The molecule has 0 spiro atoms. The van der Waals surface area contributed by atoms with Gasteiger partial charge < -0.3 is 20.7 Å². The van der Waals surface area contributed by atoms with Gasteiger partial charge in [-0.3, -0.25) is 4.79 Å². The van der Waals surface area contributed by atoms with Gasteiger partial charge in [-0.25, -0.2) is 4.79 Å². The van der Waals surface area contributed by atoms with E-state index >= 15 is 0 Å². The number of carbonyl (C=O) groups excluding carboxylic acids is 2. The highest BCUT2D eigenvalue weighted by atomic mass is 16.5. The van der Waals surface area contributed by atoms with Crippen molar-refractivity contribution >= 4 is 23.4 Å². The van der Waals surface area contributed by atoms with Crippen molar-refractivity contribution in [3.05, 3.63) is 24.3 Å². The minimum atomic E-state index is -0.477. The van der Waals surface area contributed by atoms with Crippen molar-refractivity contribution in [2.45, 2.75) is 0 Å². The van der Waals surface area contributed by atoms with Crippen LogP contribution in [0.25, 0.3) is 0 Å². The molecule has 2 amide bonds. The highest BCUT2D eigenvalue weighted by molar-refractivity contribution is 5.91. The second-order valence-electron chi connectivity index (χ2n) is 3.49. The first kappa shape index (κ1) is 12.8. The molecule has 17 heavy (non-hydrogen) atoms. The van der Waals surface area contributed by atoms with Crippen LogP contribution in [0.5, 0.6) is 0 Å². The predicted octanol–water partition coefficient (Wildman–Crippen LogP) is 0.905. The van der Waals surface area contributed by atoms with E-state index < -0.39 is 12.0 Å². The monoisotopic (exact) mass is 237 g/mol. The Hall–Kier alpha value is -2.24. The molecule has 0 aliphatic rings. The molecule has 0 aliphatic heterocycles. The summed E-state index contributed by atoms with van der Waals surface area (Å²) in [6, 6.07) is 6.38. The average Bonchev–Trinajstić information content (AvgIpc) is 2.28. The lowest BCUT2D eigenvalue weighted by molar-refractivity contribution is -0.140. The lowest BCUT2D eigenvalue weighted by Crippen LogP contribution is -2.35. The number of hydrogen-bond acceptors (Lipinski definition) is 4. The number of anilines is 2. The third-order valence-electron chi connectivity index (χ3n) is 2.08. The Morgan fingerprint density at radius 3 is 2.76 bits per heavy atom. The largest absolute Gasteiger partial charge is 0.468 e. The van der Waals surface area contributed by atoms with Crippen LogP contribution in [0.3, 0.4) is 0 Å². The highest BCUT2D eigenvalue weighted by Gasteiger charge is 2.12. The standard InChI is InChI=1S/C11H15N3O3/c1-14(7-10(15)17-2)11(16)13-9-5-3-4-8(12)6-9/h3-6H,7,12H2,1-2H3,(H,13,16). The molecule has 0 radical (unpaired) electrons. The minimum Gasteiger partial charge on any atom is -0.468 e. The Morgan fingerprint density at radius 1 is 1.47 bits per heavy atom. The van der Waals surface area contributed by atoms with Crippen LogP contribution >= 0.6 is 0 Å². The summed E-state index contributed by atoms with van der Waals surface area (Å²) in [5, 5.41) is 2.61. The van der Waals surface area contributed by atoms with Gasteiger partial charge in [0.25, 0.3) is 0 Å². The molecule has 3 N–H and O–H groups in total. The number of amides is 2. The number of nitrogens with zero attached hydrogens (tertiary/aromatic N) is 1. The van der Waals surface area contributed by atoms with Crippen molar-refractivity contribution in [1.82, 2.24) is 4.90 Å². The van der Waals surface area contributed by atoms with Crippen molar-refractivity contribution in [3.63, 3.8) is 0 Å². The number of nitrogen functional groups attached to an aromatic ring is 1. The van der Waals surface area contributed by atoms with Gasteiger partial charge in [0.05, 0.1) is 7.11 Å². The van der Waals surface area contributed by atoms with Crippen LogP contribution in [0, 0.1) is 0 Å². The summed E-state index contributed by atoms with van der Waals surface area (Å²) in [5.41, 5.74) is 6.70. The molecular weight excluding hydrogens is 222 g/mol. The smallest absolute Gasteiger partial charge is 0.325 e. The maximum atomic E-state index is 11.6. The maximum absolute atomic E-state index is 11.6. The van der Waals surface area contributed by atoms with E-state index in [0.717, 1.165) is 0 Å².